The number of hydrogen-bond donors (Lipinski definition) is 2. The number of hydrogen-bond acceptors (Lipinski definition) is 6. The third-order valence-corrected chi connectivity index (χ3v) is 11.0. The molecule has 4 bridgehead atoms. The molecule has 46 heavy (non-hydrogen) atoms. The molecule has 8 nitrogen and oxygen atoms in total. The second-order valence-corrected chi connectivity index (χ2v) is 16.6. The Labute approximate surface area is 272 Å². The third-order valence-electron chi connectivity index (χ3n) is 11.0. The van der Waals surface area contributed by atoms with Gasteiger partial charge in [-0.2, -0.15) is 19.6 Å². The maximum atomic E-state index is 12.5. The summed E-state index contributed by atoms with van der Waals surface area (Å²) >= 11 is 0. The molecule has 6 atom stereocenters. The van der Waals surface area contributed by atoms with Crippen molar-refractivity contribution in [3.8, 4) is 0 Å². The molecule has 8 heteroatoms. The lowest BCUT2D eigenvalue weighted by molar-refractivity contribution is 0.0749. The molecule has 2 N–H and O–H groups in total. The fraction of sp³-hybridized carbons (Fsp3) is 0.579. The van der Waals surface area contributed by atoms with E-state index in [1.54, 1.807) is 12.4 Å². The number of carbonyl (C=O) groups is 2. The molecule has 0 radical (unpaired) electrons. The lowest BCUT2D eigenvalue weighted by Gasteiger charge is -2.24. The van der Waals surface area contributed by atoms with Crippen LogP contribution < -0.4 is 10.6 Å². The maximum Gasteiger partial charge on any atom is 0.252 e. The second-order valence-electron chi connectivity index (χ2n) is 16.6. The Morgan fingerprint density at radius 2 is 1.04 bits per heavy atom. The lowest BCUT2D eigenvalue weighted by Crippen LogP contribution is -2.27. The van der Waals surface area contributed by atoms with Gasteiger partial charge in [-0.15, -0.1) is 0 Å². The molecule has 244 valence electrons. The highest BCUT2D eigenvalue weighted by Crippen LogP contribution is 2.46. The zero-order valence-electron chi connectivity index (χ0n) is 28.3. The number of aromatic nitrogens is 4. The van der Waals surface area contributed by atoms with Crippen LogP contribution >= 0.6 is 0 Å². The van der Waals surface area contributed by atoms with Gasteiger partial charge in [-0.25, -0.2) is 0 Å². The number of fused-ring (bicyclic) bond motifs is 6. The quantitative estimate of drug-likeness (QED) is 0.237. The van der Waals surface area contributed by atoms with Crippen LogP contribution in [0.15, 0.2) is 48.8 Å². The molecule has 4 aliphatic carbocycles. The van der Waals surface area contributed by atoms with E-state index in [9.17, 15) is 9.59 Å². The third kappa shape index (κ3) is 5.95. The molecule has 2 aromatic carbocycles. The Kier molecular flexibility index (Phi) is 7.76. The van der Waals surface area contributed by atoms with Crippen LogP contribution in [0.3, 0.4) is 0 Å². The van der Waals surface area contributed by atoms with Gasteiger partial charge in [-0.1, -0.05) is 54.4 Å². The minimum absolute atomic E-state index is 0.0290. The molecular formula is C38H50N6O2. The van der Waals surface area contributed by atoms with Gasteiger partial charge in [0.2, 0.25) is 0 Å². The number of rotatable bonds is 4. The summed E-state index contributed by atoms with van der Waals surface area (Å²) in [6.07, 6.45) is 14.6. The van der Waals surface area contributed by atoms with Crippen LogP contribution in [0.2, 0.25) is 0 Å². The SMILES string of the molecule is CC(C)(C)C(=O)n1ncc2cc(NC3CC4CCC3C4)ccc21.CC(C)(C)C(=O)n1ncc2cc(NC3CC4CCC3C4)ccc21. The van der Waals surface area contributed by atoms with E-state index in [1.165, 1.54) is 60.7 Å². The van der Waals surface area contributed by atoms with E-state index in [2.05, 4.69) is 45.1 Å². The number of benzene rings is 2. The summed E-state index contributed by atoms with van der Waals surface area (Å²) in [7, 11) is 0. The molecule has 4 aromatic rings. The Balaban J connectivity index is 0.000000147. The van der Waals surface area contributed by atoms with Crippen LogP contribution in [0.4, 0.5) is 11.4 Å². The Hall–Kier alpha value is -3.68. The lowest BCUT2D eigenvalue weighted by atomic mass is 9.95. The number of nitrogens with zero attached hydrogens (tertiary/aromatic N) is 4. The van der Waals surface area contributed by atoms with Gasteiger partial charge >= 0.3 is 0 Å². The molecule has 0 saturated heterocycles. The molecule has 2 aromatic heterocycles. The van der Waals surface area contributed by atoms with Gasteiger partial charge in [-0.05, 0) is 98.6 Å². The highest BCUT2D eigenvalue weighted by molar-refractivity contribution is 5.95. The van der Waals surface area contributed by atoms with Crippen molar-refractivity contribution in [3.63, 3.8) is 0 Å². The average molecular weight is 623 g/mol. The second kappa shape index (κ2) is 11.5. The monoisotopic (exact) mass is 622 g/mol. The summed E-state index contributed by atoms with van der Waals surface area (Å²) in [6, 6.07) is 13.7. The largest absolute Gasteiger partial charge is 0.382 e. The average Bonchev–Trinajstić information content (AvgIpc) is 3.85. The van der Waals surface area contributed by atoms with Gasteiger partial charge in [0.25, 0.3) is 11.8 Å². The number of nitrogens with one attached hydrogen (secondary N) is 2. The minimum atomic E-state index is -0.432. The van der Waals surface area contributed by atoms with Gasteiger partial charge in [0, 0.05) is 45.1 Å². The van der Waals surface area contributed by atoms with Crippen LogP contribution in [-0.2, 0) is 0 Å². The van der Waals surface area contributed by atoms with Crippen LogP contribution in [-0.4, -0.2) is 43.5 Å². The summed E-state index contributed by atoms with van der Waals surface area (Å²) in [5.41, 5.74) is 3.22. The molecule has 2 heterocycles. The van der Waals surface area contributed by atoms with Crippen LogP contribution in [0, 0.1) is 34.5 Å². The van der Waals surface area contributed by atoms with Crippen molar-refractivity contribution in [2.45, 2.75) is 105 Å². The maximum absolute atomic E-state index is 12.5. The summed E-state index contributed by atoms with van der Waals surface area (Å²) < 4.78 is 3.08. The van der Waals surface area contributed by atoms with Crippen molar-refractivity contribution in [2.24, 2.45) is 34.5 Å². The van der Waals surface area contributed by atoms with E-state index in [4.69, 9.17) is 0 Å². The van der Waals surface area contributed by atoms with E-state index in [0.29, 0.717) is 12.1 Å². The number of anilines is 2. The molecule has 4 fully saturated rings. The van der Waals surface area contributed by atoms with Gasteiger partial charge < -0.3 is 10.6 Å². The highest BCUT2D eigenvalue weighted by atomic mass is 16.2. The molecule has 4 aliphatic rings. The standard InChI is InChI=1S/2C19H25N3O/c2*1-19(2,3)18(23)22-17-7-6-15(10-14(17)11-20-22)21-16-9-12-4-5-13(16)8-12/h2*6-7,10-13,16,21H,4-5,8-9H2,1-3H3. The normalized spacial score (nSPS) is 26.8. The zero-order chi connectivity index (χ0) is 32.4. The van der Waals surface area contributed by atoms with Crippen molar-refractivity contribution in [2.75, 3.05) is 10.6 Å². The van der Waals surface area contributed by atoms with Gasteiger partial charge in [0.15, 0.2) is 0 Å². The van der Waals surface area contributed by atoms with Crippen molar-refractivity contribution >= 4 is 45.0 Å². The van der Waals surface area contributed by atoms with E-state index in [1.807, 2.05) is 53.7 Å². The fourth-order valence-electron chi connectivity index (χ4n) is 8.48. The molecule has 4 saturated carbocycles. The first kappa shape index (κ1) is 30.9. The Bertz CT molecular complexity index is 1640. The molecule has 0 spiro atoms. The summed E-state index contributed by atoms with van der Waals surface area (Å²) in [6.45, 7) is 11.5. The van der Waals surface area contributed by atoms with Crippen molar-refractivity contribution < 1.29 is 9.59 Å². The van der Waals surface area contributed by atoms with Crippen LogP contribution in [0.1, 0.15) is 102 Å². The van der Waals surface area contributed by atoms with Gasteiger partial charge in [0.1, 0.15) is 0 Å². The summed E-state index contributed by atoms with van der Waals surface area (Å²) in [5, 5.41) is 18.1. The predicted molar refractivity (Wildman–Crippen MR) is 185 cm³/mol. The highest BCUT2D eigenvalue weighted by Gasteiger charge is 2.40. The van der Waals surface area contributed by atoms with Crippen LogP contribution in [0.5, 0.6) is 0 Å². The predicted octanol–water partition coefficient (Wildman–Crippen LogP) is 8.65. The fourth-order valence-corrected chi connectivity index (χ4v) is 8.48. The first-order valence-corrected chi connectivity index (χ1v) is 17.4. The van der Waals surface area contributed by atoms with Crippen molar-refractivity contribution in [1.82, 2.24) is 19.6 Å². The zero-order valence-corrected chi connectivity index (χ0v) is 28.3. The van der Waals surface area contributed by atoms with E-state index >= 15 is 0 Å². The van der Waals surface area contributed by atoms with Crippen LogP contribution in [0.25, 0.3) is 21.8 Å². The first-order chi connectivity index (χ1) is 21.8. The van der Waals surface area contributed by atoms with E-state index in [-0.39, 0.29) is 11.8 Å². The Morgan fingerprint density at radius 3 is 1.37 bits per heavy atom. The minimum Gasteiger partial charge on any atom is -0.382 e. The Morgan fingerprint density at radius 1 is 0.630 bits per heavy atom. The van der Waals surface area contributed by atoms with E-state index in [0.717, 1.165) is 56.9 Å². The van der Waals surface area contributed by atoms with E-state index < -0.39 is 10.8 Å². The smallest absolute Gasteiger partial charge is 0.252 e. The molecular weight excluding hydrogens is 572 g/mol. The van der Waals surface area contributed by atoms with Gasteiger partial charge in [-0.3, -0.25) is 9.59 Å². The van der Waals surface area contributed by atoms with Gasteiger partial charge in [0.05, 0.1) is 23.4 Å². The molecule has 8 rings (SSSR count). The van der Waals surface area contributed by atoms with Crippen molar-refractivity contribution in [1.29, 1.82) is 0 Å². The van der Waals surface area contributed by atoms with Crippen molar-refractivity contribution in [3.05, 3.63) is 48.8 Å². The topological polar surface area (TPSA) is 93.8 Å². The molecule has 6 unspecified atom stereocenters. The number of carbonyl (C=O) groups excluding carboxylic acids is 2. The summed E-state index contributed by atoms with van der Waals surface area (Å²) in [4.78, 5) is 25.0. The first-order valence-electron chi connectivity index (χ1n) is 17.4. The molecule has 0 aliphatic heterocycles. The molecule has 0 amide bonds. The summed E-state index contributed by atoms with van der Waals surface area (Å²) in [5.74, 6) is 3.63.